The van der Waals surface area contributed by atoms with Crippen LogP contribution < -0.4 is 5.32 Å². The number of carbonyl (C=O) groups excluding carboxylic acids is 1. The van der Waals surface area contributed by atoms with Gasteiger partial charge in [0.1, 0.15) is 0 Å². The lowest BCUT2D eigenvalue weighted by atomic mass is 10.1. The fourth-order valence-electron chi connectivity index (χ4n) is 1.86. The van der Waals surface area contributed by atoms with Gasteiger partial charge in [-0.3, -0.25) is 4.79 Å². The molecule has 2 nitrogen and oxygen atoms in total. The van der Waals surface area contributed by atoms with Crippen molar-refractivity contribution >= 4 is 27.9 Å². The standard InChI is InChI=1S/C17H16BrNO/c1-13(15-8-5-9-16(18)12-15)19-17(20)11-10-14-6-3-2-4-7-14/h2-13H,1H3,(H,19,20)/b11-10+. The summed E-state index contributed by atoms with van der Waals surface area (Å²) in [4.78, 5) is 11.9. The lowest BCUT2D eigenvalue weighted by Gasteiger charge is -2.13. The van der Waals surface area contributed by atoms with E-state index in [-0.39, 0.29) is 11.9 Å². The van der Waals surface area contributed by atoms with Crippen LogP contribution in [0.4, 0.5) is 0 Å². The van der Waals surface area contributed by atoms with Crippen molar-refractivity contribution in [3.05, 3.63) is 76.3 Å². The molecule has 2 rings (SSSR count). The van der Waals surface area contributed by atoms with Crippen LogP contribution in [0.5, 0.6) is 0 Å². The second-order valence-corrected chi connectivity index (χ2v) is 5.44. The minimum Gasteiger partial charge on any atom is -0.346 e. The van der Waals surface area contributed by atoms with E-state index in [2.05, 4.69) is 21.2 Å². The van der Waals surface area contributed by atoms with Gasteiger partial charge in [-0.2, -0.15) is 0 Å². The van der Waals surface area contributed by atoms with Gasteiger partial charge in [-0.25, -0.2) is 0 Å². The zero-order chi connectivity index (χ0) is 14.4. The number of hydrogen-bond acceptors (Lipinski definition) is 1. The Morgan fingerprint density at radius 1 is 1.15 bits per heavy atom. The largest absolute Gasteiger partial charge is 0.346 e. The molecule has 0 spiro atoms. The molecular formula is C17H16BrNO. The minimum atomic E-state index is -0.0960. The van der Waals surface area contributed by atoms with E-state index in [1.807, 2.05) is 67.6 Å². The van der Waals surface area contributed by atoms with E-state index in [0.29, 0.717) is 0 Å². The summed E-state index contributed by atoms with van der Waals surface area (Å²) in [5.74, 6) is -0.0960. The van der Waals surface area contributed by atoms with Gasteiger partial charge in [-0.1, -0.05) is 58.4 Å². The van der Waals surface area contributed by atoms with Crippen LogP contribution in [0, 0.1) is 0 Å². The maximum absolute atomic E-state index is 11.9. The highest BCUT2D eigenvalue weighted by Crippen LogP contribution is 2.17. The van der Waals surface area contributed by atoms with Crippen LogP contribution in [0.2, 0.25) is 0 Å². The molecule has 1 N–H and O–H groups in total. The Hall–Kier alpha value is -1.87. The van der Waals surface area contributed by atoms with Crippen molar-refractivity contribution < 1.29 is 4.79 Å². The van der Waals surface area contributed by atoms with Crippen molar-refractivity contribution in [2.75, 3.05) is 0 Å². The molecule has 2 aromatic rings. The summed E-state index contributed by atoms with van der Waals surface area (Å²) in [6.45, 7) is 1.97. The molecule has 2 aromatic carbocycles. The van der Waals surface area contributed by atoms with Gasteiger partial charge < -0.3 is 5.32 Å². The van der Waals surface area contributed by atoms with E-state index in [4.69, 9.17) is 0 Å². The molecule has 0 aliphatic rings. The van der Waals surface area contributed by atoms with Gasteiger partial charge in [-0.15, -0.1) is 0 Å². The zero-order valence-electron chi connectivity index (χ0n) is 11.2. The fraction of sp³-hybridized carbons (Fsp3) is 0.118. The highest BCUT2D eigenvalue weighted by atomic mass is 79.9. The molecule has 0 fully saturated rings. The summed E-state index contributed by atoms with van der Waals surface area (Å²) in [5, 5.41) is 2.95. The van der Waals surface area contributed by atoms with E-state index in [1.54, 1.807) is 6.08 Å². The molecule has 3 heteroatoms. The Bertz CT molecular complexity index is 607. The van der Waals surface area contributed by atoms with Crippen molar-refractivity contribution in [1.29, 1.82) is 0 Å². The normalized spacial score (nSPS) is 12.3. The lowest BCUT2D eigenvalue weighted by molar-refractivity contribution is -0.117. The molecule has 0 saturated heterocycles. The highest BCUT2D eigenvalue weighted by molar-refractivity contribution is 9.10. The van der Waals surface area contributed by atoms with Gasteiger partial charge in [0.05, 0.1) is 6.04 Å². The third-order valence-electron chi connectivity index (χ3n) is 2.93. The summed E-state index contributed by atoms with van der Waals surface area (Å²) < 4.78 is 1.01. The molecule has 0 aromatic heterocycles. The Kier molecular flexibility index (Phi) is 5.13. The first-order chi connectivity index (χ1) is 9.65. The molecule has 1 amide bonds. The second-order valence-electron chi connectivity index (χ2n) is 4.53. The predicted octanol–water partition coefficient (Wildman–Crippen LogP) is 4.34. The molecule has 0 aliphatic heterocycles. The first-order valence-corrected chi connectivity index (χ1v) is 7.23. The van der Waals surface area contributed by atoms with Crippen molar-refractivity contribution in [2.24, 2.45) is 0 Å². The monoisotopic (exact) mass is 329 g/mol. The SMILES string of the molecule is CC(NC(=O)/C=C/c1ccccc1)c1cccc(Br)c1. The zero-order valence-corrected chi connectivity index (χ0v) is 12.8. The minimum absolute atomic E-state index is 0.0274. The van der Waals surface area contributed by atoms with Crippen molar-refractivity contribution in [1.82, 2.24) is 5.32 Å². The van der Waals surface area contributed by atoms with E-state index in [1.165, 1.54) is 0 Å². The molecule has 0 aliphatic carbocycles. The number of carbonyl (C=O) groups is 1. The van der Waals surface area contributed by atoms with Crippen LogP contribution in [0.25, 0.3) is 6.08 Å². The van der Waals surface area contributed by atoms with Crippen molar-refractivity contribution in [2.45, 2.75) is 13.0 Å². The smallest absolute Gasteiger partial charge is 0.244 e. The van der Waals surface area contributed by atoms with E-state index >= 15 is 0 Å². The summed E-state index contributed by atoms with van der Waals surface area (Å²) in [7, 11) is 0. The fourth-order valence-corrected chi connectivity index (χ4v) is 2.27. The molecule has 0 heterocycles. The van der Waals surface area contributed by atoms with E-state index in [9.17, 15) is 4.79 Å². The molecule has 0 bridgehead atoms. The number of halogens is 1. The molecule has 0 radical (unpaired) electrons. The molecule has 0 saturated carbocycles. The number of nitrogens with one attached hydrogen (secondary N) is 1. The summed E-state index contributed by atoms with van der Waals surface area (Å²) in [5.41, 5.74) is 2.08. The molecule has 1 atom stereocenters. The number of amides is 1. The average molecular weight is 330 g/mol. The molecular weight excluding hydrogens is 314 g/mol. The van der Waals surface area contributed by atoms with E-state index < -0.39 is 0 Å². The van der Waals surface area contributed by atoms with Crippen molar-refractivity contribution in [3.63, 3.8) is 0 Å². The Morgan fingerprint density at radius 3 is 2.60 bits per heavy atom. The number of benzene rings is 2. The van der Waals surface area contributed by atoms with Gasteiger partial charge >= 0.3 is 0 Å². The van der Waals surface area contributed by atoms with Crippen LogP contribution in [0.1, 0.15) is 24.1 Å². The maximum Gasteiger partial charge on any atom is 0.244 e. The number of hydrogen-bond donors (Lipinski definition) is 1. The Labute approximate surface area is 127 Å². The molecule has 1 unspecified atom stereocenters. The first-order valence-electron chi connectivity index (χ1n) is 6.44. The van der Waals surface area contributed by atoms with Gasteiger partial charge in [-0.05, 0) is 36.3 Å². The Balaban J connectivity index is 1.96. The van der Waals surface area contributed by atoms with Crippen LogP contribution in [-0.4, -0.2) is 5.91 Å². The quantitative estimate of drug-likeness (QED) is 0.830. The summed E-state index contributed by atoms with van der Waals surface area (Å²) in [6, 6.07) is 17.7. The summed E-state index contributed by atoms with van der Waals surface area (Å²) in [6.07, 6.45) is 3.37. The van der Waals surface area contributed by atoms with Crippen LogP contribution in [0.15, 0.2) is 65.1 Å². The first kappa shape index (κ1) is 14.5. The third-order valence-corrected chi connectivity index (χ3v) is 3.43. The molecule has 102 valence electrons. The Morgan fingerprint density at radius 2 is 1.90 bits per heavy atom. The van der Waals surface area contributed by atoms with Crippen LogP contribution in [-0.2, 0) is 4.79 Å². The maximum atomic E-state index is 11.9. The van der Waals surface area contributed by atoms with Crippen LogP contribution in [0.3, 0.4) is 0 Å². The highest BCUT2D eigenvalue weighted by Gasteiger charge is 2.07. The van der Waals surface area contributed by atoms with Gasteiger partial charge in [0, 0.05) is 10.5 Å². The second kappa shape index (κ2) is 7.06. The van der Waals surface area contributed by atoms with E-state index in [0.717, 1.165) is 15.6 Å². The van der Waals surface area contributed by atoms with Gasteiger partial charge in [0.2, 0.25) is 5.91 Å². The van der Waals surface area contributed by atoms with Crippen LogP contribution >= 0.6 is 15.9 Å². The number of rotatable bonds is 4. The predicted molar refractivity (Wildman–Crippen MR) is 86.2 cm³/mol. The third kappa shape index (κ3) is 4.35. The topological polar surface area (TPSA) is 29.1 Å². The van der Waals surface area contributed by atoms with Crippen molar-refractivity contribution in [3.8, 4) is 0 Å². The average Bonchev–Trinajstić information content (AvgIpc) is 2.46. The molecule has 20 heavy (non-hydrogen) atoms. The lowest BCUT2D eigenvalue weighted by Crippen LogP contribution is -2.24. The van der Waals surface area contributed by atoms with Gasteiger partial charge in [0.25, 0.3) is 0 Å². The van der Waals surface area contributed by atoms with Gasteiger partial charge in [0.15, 0.2) is 0 Å². The summed E-state index contributed by atoms with van der Waals surface area (Å²) >= 11 is 3.43.